The number of ether oxygens (including phenoxy) is 1. The highest BCUT2D eigenvalue weighted by Crippen LogP contribution is 2.34. The molecule has 4 rings (SSSR count). The SMILES string of the molecule is CC(c1ccc(-c2ccccc2)c(F)c1)c1onc(N=C(N)N2CCOCC2)c1CO. The Hall–Kier alpha value is -3.23. The number of aliphatic hydroxyl groups is 1. The third-order valence-corrected chi connectivity index (χ3v) is 5.48. The van der Waals surface area contributed by atoms with Gasteiger partial charge in [-0.1, -0.05) is 54.5 Å². The van der Waals surface area contributed by atoms with Gasteiger partial charge >= 0.3 is 0 Å². The molecule has 31 heavy (non-hydrogen) atoms. The number of hydrogen-bond donors (Lipinski definition) is 2. The van der Waals surface area contributed by atoms with Crippen LogP contribution in [0.5, 0.6) is 0 Å². The third-order valence-electron chi connectivity index (χ3n) is 5.48. The third kappa shape index (κ3) is 4.45. The lowest BCUT2D eigenvalue weighted by Crippen LogP contribution is -2.44. The standard InChI is InChI=1S/C23H25FN4O3/c1-15(17-7-8-18(20(24)13-17)16-5-3-2-4-6-16)21-19(14-29)22(27-31-21)26-23(25)28-9-11-30-12-10-28/h2-8,13,15,29H,9-12,14H2,1H3,(H2,25,26,27). The second-order valence-corrected chi connectivity index (χ2v) is 7.40. The van der Waals surface area contributed by atoms with Gasteiger partial charge in [0, 0.05) is 24.6 Å². The average Bonchev–Trinajstić information content (AvgIpc) is 3.22. The number of aliphatic hydroxyl groups excluding tert-OH is 1. The van der Waals surface area contributed by atoms with Crippen molar-refractivity contribution < 1.29 is 18.8 Å². The highest BCUT2D eigenvalue weighted by Gasteiger charge is 2.24. The Labute approximate surface area is 179 Å². The minimum absolute atomic E-state index is 0.231. The van der Waals surface area contributed by atoms with Gasteiger partial charge in [0.15, 0.2) is 11.7 Å². The minimum Gasteiger partial charge on any atom is -0.391 e. The Morgan fingerprint density at radius 1 is 1.23 bits per heavy atom. The van der Waals surface area contributed by atoms with Crippen LogP contribution in [0, 0.1) is 5.82 Å². The van der Waals surface area contributed by atoms with Crippen molar-refractivity contribution in [3.05, 3.63) is 71.2 Å². The van der Waals surface area contributed by atoms with E-state index >= 15 is 0 Å². The summed E-state index contributed by atoms with van der Waals surface area (Å²) in [4.78, 5) is 6.24. The highest BCUT2D eigenvalue weighted by molar-refractivity contribution is 5.81. The fraction of sp³-hybridized carbons (Fsp3) is 0.304. The average molecular weight is 424 g/mol. The number of nitrogens with two attached hydrogens (primary N) is 1. The summed E-state index contributed by atoms with van der Waals surface area (Å²) in [5.74, 6) is 0.305. The highest BCUT2D eigenvalue weighted by atomic mass is 19.1. The quantitative estimate of drug-likeness (QED) is 0.481. The normalized spacial score (nSPS) is 15.8. The Morgan fingerprint density at radius 2 is 1.97 bits per heavy atom. The van der Waals surface area contributed by atoms with Crippen molar-refractivity contribution in [1.29, 1.82) is 0 Å². The van der Waals surface area contributed by atoms with Crippen LogP contribution >= 0.6 is 0 Å². The summed E-state index contributed by atoms with van der Waals surface area (Å²) in [6, 6.07) is 14.5. The Bertz CT molecular complexity index is 1060. The number of morpholine rings is 1. The zero-order valence-electron chi connectivity index (χ0n) is 17.3. The van der Waals surface area contributed by atoms with Gasteiger partial charge in [0.25, 0.3) is 0 Å². The lowest BCUT2D eigenvalue weighted by molar-refractivity contribution is 0.0675. The fourth-order valence-corrected chi connectivity index (χ4v) is 3.67. The summed E-state index contributed by atoms with van der Waals surface area (Å²) >= 11 is 0. The van der Waals surface area contributed by atoms with Gasteiger partial charge in [-0.25, -0.2) is 4.39 Å². The molecule has 3 aromatic rings. The fourth-order valence-electron chi connectivity index (χ4n) is 3.67. The maximum Gasteiger partial charge on any atom is 0.204 e. The maximum absolute atomic E-state index is 14.8. The van der Waals surface area contributed by atoms with Gasteiger partial charge in [0.1, 0.15) is 5.82 Å². The van der Waals surface area contributed by atoms with Gasteiger partial charge in [-0.2, -0.15) is 4.99 Å². The second kappa shape index (κ2) is 9.28. The number of hydrogen-bond acceptors (Lipinski definition) is 5. The van der Waals surface area contributed by atoms with Crippen molar-refractivity contribution in [2.45, 2.75) is 19.4 Å². The molecule has 0 saturated carbocycles. The number of aliphatic imine (C=N–C) groups is 1. The number of guanidine groups is 1. The molecule has 1 aromatic heterocycles. The molecule has 0 spiro atoms. The summed E-state index contributed by atoms with van der Waals surface area (Å²) in [6.45, 7) is 3.98. The first-order chi connectivity index (χ1) is 15.1. The Morgan fingerprint density at radius 3 is 2.65 bits per heavy atom. The van der Waals surface area contributed by atoms with E-state index in [9.17, 15) is 9.50 Å². The molecule has 2 aromatic carbocycles. The van der Waals surface area contributed by atoms with E-state index in [0.717, 1.165) is 5.56 Å². The van der Waals surface area contributed by atoms with Crippen molar-refractivity contribution in [3.63, 3.8) is 0 Å². The lowest BCUT2D eigenvalue weighted by Gasteiger charge is -2.27. The van der Waals surface area contributed by atoms with E-state index in [0.29, 0.717) is 54.7 Å². The molecule has 3 N–H and O–H groups in total. The van der Waals surface area contributed by atoms with Crippen LogP contribution in [0.25, 0.3) is 11.1 Å². The summed E-state index contributed by atoms with van der Waals surface area (Å²) < 4.78 is 25.7. The number of benzene rings is 2. The zero-order valence-corrected chi connectivity index (χ0v) is 17.3. The summed E-state index contributed by atoms with van der Waals surface area (Å²) in [5.41, 5.74) is 8.59. The van der Waals surface area contributed by atoms with Crippen LogP contribution in [0.2, 0.25) is 0 Å². The molecule has 1 aliphatic rings. The lowest BCUT2D eigenvalue weighted by atomic mass is 9.93. The summed E-state index contributed by atoms with van der Waals surface area (Å²) in [6.07, 6.45) is 0. The van der Waals surface area contributed by atoms with Crippen molar-refractivity contribution in [2.24, 2.45) is 10.7 Å². The van der Waals surface area contributed by atoms with Gasteiger partial charge in [-0.15, -0.1) is 0 Å². The Balaban J connectivity index is 1.60. The van der Waals surface area contributed by atoms with Crippen molar-refractivity contribution >= 4 is 11.8 Å². The van der Waals surface area contributed by atoms with Gasteiger partial charge in [0.05, 0.1) is 25.4 Å². The van der Waals surface area contributed by atoms with E-state index < -0.39 is 0 Å². The predicted molar refractivity (Wildman–Crippen MR) is 115 cm³/mol. The molecule has 162 valence electrons. The first kappa shape index (κ1) is 21.0. The van der Waals surface area contributed by atoms with Crippen LogP contribution in [-0.2, 0) is 11.3 Å². The molecule has 2 heterocycles. The van der Waals surface area contributed by atoms with E-state index in [2.05, 4.69) is 10.1 Å². The minimum atomic E-state index is -0.331. The topological polar surface area (TPSA) is 97.1 Å². The first-order valence-electron chi connectivity index (χ1n) is 10.2. The van der Waals surface area contributed by atoms with E-state index in [-0.39, 0.29) is 24.2 Å². The van der Waals surface area contributed by atoms with Crippen molar-refractivity contribution in [2.75, 3.05) is 26.3 Å². The number of nitrogens with zero attached hydrogens (tertiary/aromatic N) is 3. The largest absolute Gasteiger partial charge is 0.391 e. The van der Waals surface area contributed by atoms with E-state index in [1.165, 1.54) is 6.07 Å². The van der Waals surface area contributed by atoms with Gasteiger partial charge < -0.3 is 25.0 Å². The molecule has 7 nitrogen and oxygen atoms in total. The smallest absolute Gasteiger partial charge is 0.204 e. The Kier molecular flexibility index (Phi) is 6.29. The zero-order chi connectivity index (χ0) is 21.8. The molecular weight excluding hydrogens is 399 g/mol. The number of rotatable bonds is 5. The molecule has 0 aliphatic carbocycles. The molecular formula is C23H25FN4O3. The van der Waals surface area contributed by atoms with E-state index in [4.69, 9.17) is 15.0 Å². The van der Waals surface area contributed by atoms with Crippen LogP contribution in [-0.4, -0.2) is 47.4 Å². The van der Waals surface area contributed by atoms with Crippen LogP contribution < -0.4 is 5.73 Å². The monoisotopic (exact) mass is 424 g/mol. The maximum atomic E-state index is 14.8. The molecule has 1 atom stereocenters. The number of halogens is 1. The molecule has 0 radical (unpaired) electrons. The van der Waals surface area contributed by atoms with Crippen LogP contribution in [0.1, 0.15) is 29.7 Å². The molecule has 0 bridgehead atoms. The second-order valence-electron chi connectivity index (χ2n) is 7.40. The van der Waals surface area contributed by atoms with Gasteiger partial charge in [-0.3, -0.25) is 0 Å². The first-order valence-corrected chi connectivity index (χ1v) is 10.2. The van der Waals surface area contributed by atoms with Gasteiger partial charge in [0.2, 0.25) is 5.82 Å². The van der Waals surface area contributed by atoms with Crippen molar-refractivity contribution in [1.82, 2.24) is 10.1 Å². The summed E-state index contributed by atoms with van der Waals surface area (Å²) in [7, 11) is 0. The predicted octanol–water partition coefficient (Wildman–Crippen LogP) is 3.40. The van der Waals surface area contributed by atoms with Gasteiger partial charge in [-0.05, 0) is 17.2 Å². The van der Waals surface area contributed by atoms with Crippen molar-refractivity contribution in [3.8, 4) is 11.1 Å². The molecule has 0 amide bonds. The summed E-state index contributed by atoms with van der Waals surface area (Å²) in [5, 5.41) is 13.9. The molecule has 1 fully saturated rings. The molecule has 8 heteroatoms. The van der Waals surface area contributed by atoms with E-state index in [1.54, 1.807) is 6.07 Å². The van der Waals surface area contributed by atoms with Crippen LogP contribution in [0.3, 0.4) is 0 Å². The molecule has 1 unspecified atom stereocenters. The van der Waals surface area contributed by atoms with Crippen LogP contribution in [0.15, 0.2) is 58.0 Å². The molecule has 1 saturated heterocycles. The molecule has 1 aliphatic heterocycles. The van der Waals surface area contributed by atoms with E-state index in [1.807, 2.05) is 48.2 Å². The van der Waals surface area contributed by atoms with Crippen LogP contribution in [0.4, 0.5) is 10.2 Å². The number of aromatic nitrogens is 1.